The first-order valence-electron chi connectivity index (χ1n) is 9.07. The lowest BCUT2D eigenvalue weighted by Gasteiger charge is -2.18. The normalized spacial score (nSPS) is 16.2. The number of carbonyl (C=O) groups excluding carboxylic acids is 2. The van der Waals surface area contributed by atoms with Crippen molar-refractivity contribution in [3.05, 3.63) is 52.5 Å². The predicted molar refractivity (Wildman–Crippen MR) is 111 cm³/mol. The summed E-state index contributed by atoms with van der Waals surface area (Å²) < 4.78 is 11.6. The van der Waals surface area contributed by atoms with Gasteiger partial charge in [-0.1, -0.05) is 34.1 Å². The molecule has 1 heterocycles. The average molecular weight is 447 g/mol. The van der Waals surface area contributed by atoms with Gasteiger partial charge in [0, 0.05) is 35.7 Å². The average Bonchev–Trinajstić information content (AvgIpc) is 3.10. The summed E-state index contributed by atoms with van der Waals surface area (Å²) in [4.78, 5) is 26.6. The Kier molecular flexibility index (Phi) is 6.57. The van der Waals surface area contributed by atoms with E-state index in [0.717, 1.165) is 16.5 Å². The molecule has 1 N–H and O–H groups in total. The Labute approximate surface area is 172 Å². The van der Waals surface area contributed by atoms with E-state index in [-0.39, 0.29) is 24.2 Å². The van der Waals surface area contributed by atoms with Crippen LogP contribution in [-0.4, -0.2) is 39.1 Å². The molecular formula is C21H23BrN2O4. The molecule has 0 spiro atoms. The first-order chi connectivity index (χ1) is 13.5. The van der Waals surface area contributed by atoms with Gasteiger partial charge in [0.25, 0.3) is 0 Å². The molecule has 1 fully saturated rings. The van der Waals surface area contributed by atoms with Gasteiger partial charge >= 0.3 is 0 Å². The second-order valence-electron chi connectivity index (χ2n) is 6.58. The lowest BCUT2D eigenvalue weighted by atomic mass is 10.1. The summed E-state index contributed by atoms with van der Waals surface area (Å²) in [5.74, 6) is 0.620. The van der Waals surface area contributed by atoms with Crippen LogP contribution in [-0.2, 0) is 16.0 Å². The summed E-state index contributed by atoms with van der Waals surface area (Å²) in [6, 6.07) is 13.2. The summed E-state index contributed by atoms with van der Waals surface area (Å²) in [6.07, 6.45) is 0.933. The van der Waals surface area contributed by atoms with E-state index >= 15 is 0 Å². The van der Waals surface area contributed by atoms with Crippen LogP contribution in [0, 0.1) is 5.92 Å². The zero-order valence-corrected chi connectivity index (χ0v) is 17.5. The largest absolute Gasteiger partial charge is 0.493 e. The lowest BCUT2D eigenvalue weighted by molar-refractivity contribution is -0.126. The molecule has 2 aromatic rings. The Morgan fingerprint density at radius 1 is 1.18 bits per heavy atom. The topological polar surface area (TPSA) is 67.9 Å². The van der Waals surface area contributed by atoms with Gasteiger partial charge in [-0.15, -0.1) is 0 Å². The molecule has 0 bridgehead atoms. The summed E-state index contributed by atoms with van der Waals surface area (Å²) in [5.41, 5.74) is 1.84. The van der Waals surface area contributed by atoms with E-state index in [0.29, 0.717) is 30.3 Å². The quantitative estimate of drug-likeness (QED) is 0.708. The Morgan fingerprint density at radius 3 is 2.64 bits per heavy atom. The molecule has 1 unspecified atom stereocenters. The van der Waals surface area contributed by atoms with Crippen LogP contribution in [0.5, 0.6) is 11.5 Å². The number of anilines is 1. The number of nitrogens with one attached hydrogen (secondary N) is 1. The van der Waals surface area contributed by atoms with Gasteiger partial charge in [-0.25, -0.2) is 0 Å². The fraction of sp³-hybridized carbons (Fsp3) is 0.333. The number of halogens is 1. The molecule has 0 saturated carbocycles. The Hall–Kier alpha value is -2.54. The van der Waals surface area contributed by atoms with Crippen LogP contribution < -0.4 is 19.7 Å². The van der Waals surface area contributed by atoms with E-state index in [4.69, 9.17) is 9.47 Å². The van der Waals surface area contributed by atoms with Gasteiger partial charge in [0.1, 0.15) is 0 Å². The molecule has 6 nitrogen and oxygen atoms in total. The van der Waals surface area contributed by atoms with E-state index < -0.39 is 0 Å². The monoisotopic (exact) mass is 446 g/mol. The maximum absolute atomic E-state index is 12.5. The van der Waals surface area contributed by atoms with Crippen molar-refractivity contribution in [1.82, 2.24) is 5.32 Å². The fourth-order valence-electron chi connectivity index (χ4n) is 3.29. The first-order valence-corrected chi connectivity index (χ1v) is 9.86. The Morgan fingerprint density at radius 2 is 1.93 bits per heavy atom. The van der Waals surface area contributed by atoms with Crippen molar-refractivity contribution in [3.63, 3.8) is 0 Å². The third kappa shape index (κ3) is 4.47. The number of ether oxygens (including phenoxy) is 2. The molecule has 7 heteroatoms. The highest BCUT2D eigenvalue weighted by Gasteiger charge is 2.35. The minimum Gasteiger partial charge on any atom is -0.493 e. The number of benzene rings is 2. The van der Waals surface area contributed by atoms with Gasteiger partial charge in [-0.3, -0.25) is 9.59 Å². The SMILES string of the molecule is COc1ccc(N2CC(C(=O)NCCc3ccccc3Br)CC2=O)cc1OC. The molecule has 28 heavy (non-hydrogen) atoms. The minimum atomic E-state index is -0.361. The van der Waals surface area contributed by atoms with Crippen molar-refractivity contribution in [2.24, 2.45) is 5.92 Å². The Balaban J connectivity index is 1.59. The number of nitrogens with zero attached hydrogens (tertiary/aromatic N) is 1. The summed E-state index contributed by atoms with van der Waals surface area (Å²) >= 11 is 3.51. The minimum absolute atomic E-state index is 0.0711. The third-order valence-corrected chi connectivity index (χ3v) is 5.60. The third-order valence-electron chi connectivity index (χ3n) is 4.83. The number of hydrogen-bond donors (Lipinski definition) is 1. The van der Waals surface area contributed by atoms with Crippen LogP contribution >= 0.6 is 15.9 Å². The van der Waals surface area contributed by atoms with Crippen LogP contribution in [0.1, 0.15) is 12.0 Å². The lowest BCUT2D eigenvalue weighted by Crippen LogP contribution is -2.34. The van der Waals surface area contributed by atoms with Crippen molar-refractivity contribution >= 4 is 33.4 Å². The van der Waals surface area contributed by atoms with Gasteiger partial charge in [0.2, 0.25) is 11.8 Å². The standard InChI is InChI=1S/C21H23BrN2O4/c1-27-18-8-7-16(12-19(18)28-2)24-13-15(11-20(24)25)21(26)23-10-9-14-5-3-4-6-17(14)22/h3-8,12,15H,9-11,13H2,1-2H3,(H,23,26). The summed E-state index contributed by atoms with van der Waals surface area (Å²) in [5, 5.41) is 2.95. The van der Waals surface area contributed by atoms with Crippen LogP contribution in [0.25, 0.3) is 0 Å². The zero-order chi connectivity index (χ0) is 20.1. The first kappa shape index (κ1) is 20.2. The van der Waals surface area contributed by atoms with E-state index in [9.17, 15) is 9.59 Å². The highest BCUT2D eigenvalue weighted by molar-refractivity contribution is 9.10. The molecule has 0 aliphatic carbocycles. The molecule has 2 aromatic carbocycles. The maximum Gasteiger partial charge on any atom is 0.227 e. The van der Waals surface area contributed by atoms with Crippen LogP contribution in [0.15, 0.2) is 46.9 Å². The molecular weight excluding hydrogens is 424 g/mol. The van der Waals surface area contributed by atoms with Crippen molar-refractivity contribution in [3.8, 4) is 11.5 Å². The molecule has 1 saturated heterocycles. The van der Waals surface area contributed by atoms with E-state index in [2.05, 4.69) is 21.2 Å². The second-order valence-corrected chi connectivity index (χ2v) is 7.43. The highest BCUT2D eigenvalue weighted by Crippen LogP contribution is 2.34. The molecule has 148 valence electrons. The van der Waals surface area contributed by atoms with Gasteiger partial charge in [-0.2, -0.15) is 0 Å². The van der Waals surface area contributed by atoms with Gasteiger partial charge in [0.05, 0.1) is 20.1 Å². The van der Waals surface area contributed by atoms with Gasteiger partial charge < -0.3 is 19.7 Å². The zero-order valence-electron chi connectivity index (χ0n) is 15.9. The van der Waals surface area contributed by atoms with Crippen LogP contribution in [0.2, 0.25) is 0 Å². The smallest absolute Gasteiger partial charge is 0.227 e. The van der Waals surface area contributed by atoms with E-state index in [1.807, 2.05) is 24.3 Å². The molecule has 0 aromatic heterocycles. The van der Waals surface area contributed by atoms with Gasteiger partial charge in [-0.05, 0) is 30.2 Å². The number of amides is 2. The molecule has 1 aliphatic rings. The van der Waals surface area contributed by atoms with E-state index in [1.54, 1.807) is 37.3 Å². The highest BCUT2D eigenvalue weighted by atomic mass is 79.9. The fourth-order valence-corrected chi connectivity index (χ4v) is 3.77. The maximum atomic E-state index is 12.5. The van der Waals surface area contributed by atoms with E-state index in [1.165, 1.54) is 0 Å². The van der Waals surface area contributed by atoms with Crippen molar-refractivity contribution in [2.45, 2.75) is 12.8 Å². The molecule has 0 radical (unpaired) electrons. The number of carbonyl (C=O) groups is 2. The van der Waals surface area contributed by atoms with Crippen LogP contribution in [0.4, 0.5) is 5.69 Å². The Bertz CT molecular complexity index is 871. The summed E-state index contributed by atoms with van der Waals surface area (Å²) in [7, 11) is 3.11. The number of hydrogen-bond acceptors (Lipinski definition) is 4. The molecule has 1 atom stereocenters. The second kappa shape index (κ2) is 9.10. The van der Waals surface area contributed by atoms with Gasteiger partial charge in [0.15, 0.2) is 11.5 Å². The molecule has 1 aliphatic heterocycles. The molecule has 3 rings (SSSR count). The van der Waals surface area contributed by atoms with Crippen molar-refractivity contribution in [1.29, 1.82) is 0 Å². The van der Waals surface area contributed by atoms with Crippen molar-refractivity contribution < 1.29 is 19.1 Å². The van der Waals surface area contributed by atoms with Crippen molar-refractivity contribution in [2.75, 3.05) is 32.2 Å². The number of rotatable bonds is 7. The predicted octanol–water partition coefficient (Wildman–Crippen LogP) is 3.18. The molecule has 2 amide bonds. The summed E-state index contributed by atoms with van der Waals surface area (Å²) in [6.45, 7) is 0.887. The number of methoxy groups -OCH3 is 2. The van der Waals surface area contributed by atoms with Crippen LogP contribution in [0.3, 0.4) is 0 Å².